The highest BCUT2D eigenvalue weighted by Crippen LogP contribution is 2.16. The van der Waals surface area contributed by atoms with Crippen LogP contribution in [0.4, 0.5) is 5.82 Å². The van der Waals surface area contributed by atoms with Gasteiger partial charge in [0.2, 0.25) is 0 Å². The second-order valence-electron chi connectivity index (χ2n) is 6.53. The molecule has 1 aliphatic heterocycles. The number of hydrogen-bond donors (Lipinski definition) is 0. The number of esters is 1. The van der Waals surface area contributed by atoms with E-state index in [1.165, 1.54) is 6.20 Å². The van der Waals surface area contributed by atoms with Gasteiger partial charge in [-0.2, -0.15) is 0 Å². The minimum Gasteiger partial charge on any atom is -0.462 e. The summed E-state index contributed by atoms with van der Waals surface area (Å²) in [6.45, 7) is 5.29. The molecule has 1 aliphatic rings. The Hall–Kier alpha value is -2.93. The van der Waals surface area contributed by atoms with Gasteiger partial charge < -0.3 is 19.3 Å². The lowest BCUT2D eigenvalue weighted by molar-refractivity contribution is 0.0525. The summed E-state index contributed by atoms with van der Waals surface area (Å²) >= 11 is 0. The number of aromatic nitrogens is 1. The number of carbonyl (C=O) groups excluding carboxylic acids is 2. The number of nitrogens with zero attached hydrogens (tertiary/aromatic N) is 3. The molecular weight excluding hydrogens is 358 g/mol. The summed E-state index contributed by atoms with van der Waals surface area (Å²) in [5, 5.41) is 0. The van der Waals surface area contributed by atoms with E-state index in [4.69, 9.17) is 9.47 Å². The fraction of sp³-hybridized carbons (Fsp3) is 0.381. The van der Waals surface area contributed by atoms with E-state index in [-0.39, 0.29) is 11.9 Å². The van der Waals surface area contributed by atoms with Gasteiger partial charge in [0, 0.05) is 45.0 Å². The highest BCUT2D eigenvalue weighted by Gasteiger charge is 2.23. The molecule has 0 spiro atoms. The topological polar surface area (TPSA) is 72.0 Å². The van der Waals surface area contributed by atoms with Crippen molar-refractivity contribution in [2.24, 2.45) is 0 Å². The number of hydrogen-bond acceptors (Lipinski definition) is 6. The molecule has 0 aliphatic carbocycles. The first-order chi connectivity index (χ1) is 13.6. The number of anilines is 1. The van der Waals surface area contributed by atoms with E-state index in [2.05, 4.69) is 9.88 Å². The van der Waals surface area contributed by atoms with E-state index in [1.807, 2.05) is 35.2 Å². The minimum absolute atomic E-state index is 0.0363. The van der Waals surface area contributed by atoms with Crippen molar-refractivity contribution in [3.05, 3.63) is 59.3 Å². The molecule has 0 atom stereocenters. The second kappa shape index (κ2) is 9.32. The van der Waals surface area contributed by atoms with Crippen molar-refractivity contribution >= 4 is 17.7 Å². The molecule has 2 aromatic rings. The fourth-order valence-corrected chi connectivity index (χ4v) is 3.14. The molecule has 0 N–H and O–H groups in total. The number of pyridine rings is 1. The first-order valence-corrected chi connectivity index (χ1v) is 9.37. The van der Waals surface area contributed by atoms with Crippen LogP contribution < -0.4 is 4.90 Å². The summed E-state index contributed by atoms with van der Waals surface area (Å²) in [6.07, 6.45) is 1.53. The lowest BCUT2D eigenvalue weighted by Crippen LogP contribution is -2.49. The van der Waals surface area contributed by atoms with Crippen LogP contribution in [0.3, 0.4) is 0 Å². The van der Waals surface area contributed by atoms with Gasteiger partial charge in [-0.3, -0.25) is 4.79 Å². The number of piperazine rings is 1. The average Bonchev–Trinajstić information content (AvgIpc) is 2.74. The van der Waals surface area contributed by atoms with Crippen molar-refractivity contribution < 1.29 is 19.1 Å². The normalized spacial score (nSPS) is 14.1. The maximum atomic E-state index is 12.7. The van der Waals surface area contributed by atoms with Gasteiger partial charge in [-0.05, 0) is 36.8 Å². The van der Waals surface area contributed by atoms with Gasteiger partial charge >= 0.3 is 5.97 Å². The quantitative estimate of drug-likeness (QED) is 0.713. The zero-order chi connectivity index (χ0) is 19.9. The number of carbonyl (C=O) groups is 2. The number of benzene rings is 1. The van der Waals surface area contributed by atoms with Gasteiger partial charge in [0.1, 0.15) is 5.82 Å². The summed E-state index contributed by atoms with van der Waals surface area (Å²) in [6, 6.07) is 11.1. The first-order valence-electron chi connectivity index (χ1n) is 9.37. The molecule has 1 amide bonds. The minimum atomic E-state index is -0.367. The van der Waals surface area contributed by atoms with Crippen molar-refractivity contribution in [3.8, 4) is 0 Å². The molecule has 2 heterocycles. The molecule has 1 aromatic heterocycles. The predicted octanol–water partition coefficient (Wildman–Crippen LogP) is 2.37. The van der Waals surface area contributed by atoms with Crippen LogP contribution in [0.1, 0.15) is 33.2 Å². The standard InChI is InChI=1S/C21H25N3O4/c1-3-28-21(26)18-8-9-19(22-14-18)23-10-12-24(13-11-23)20(25)17-6-4-16(5-7-17)15-27-2/h4-9,14H,3,10-13,15H2,1-2H3. The van der Waals surface area contributed by atoms with Gasteiger partial charge in [0.15, 0.2) is 0 Å². The monoisotopic (exact) mass is 383 g/mol. The Morgan fingerprint density at radius 2 is 1.68 bits per heavy atom. The molecule has 1 aromatic carbocycles. The van der Waals surface area contributed by atoms with Crippen LogP contribution in [0.2, 0.25) is 0 Å². The van der Waals surface area contributed by atoms with E-state index in [0.717, 1.165) is 11.4 Å². The number of amides is 1. The van der Waals surface area contributed by atoms with Crippen molar-refractivity contribution in [1.82, 2.24) is 9.88 Å². The van der Waals surface area contributed by atoms with Crippen LogP contribution in [-0.2, 0) is 16.1 Å². The van der Waals surface area contributed by atoms with E-state index in [1.54, 1.807) is 20.1 Å². The van der Waals surface area contributed by atoms with Crippen LogP contribution >= 0.6 is 0 Å². The van der Waals surface area contributed by atoms with E-state index < -0.39 is 0 Å². The Kier molecular flexibility index (Phi) is 6.60. The van der Waals surface area contributed by atoms with Crippen LogP contribution in [0.15, 0.2) is 42.6 Å². The Balaban J connectivity index is 1.56. The summed E-state index contributed by atoms with van der Waals surface area (Å²) < 4.78 is 10.1. The van der Waals surface area contributed by atoms with E-state index in [0.29, 0.717) is 50.5 Å². The van der Waals surface area contributed by atoms with E-state index >= 15 is 0 Å². The molecule has 0 radical (unpaired) electrons. The summed E-state index contributed by atoms with van der Waals surface area (Å²) in [4.78, 5) is 32.8. The molecule has 0 bridgehead atoms. The van der Waals surface area contributed by atoms with Crippen LogP contribution in [0.5, 0.6) is 0 Å². The molecule has 7 nitrogen and oxygen atoms in total. The molecule has 3 rings (SSSR count). The largest absolute Gasteiger partial charge is 0.462 e. The third kappa shape index (κ3) is 4.67. The van der Waals surface area contributed by atoms with Crippen LogP contribution in [0.25, 0.3) is 0 Å². The number of ether oxygens (including phenoxy) is 2. The highest BCUT2D eigenvalue weighted by atomic mass is 16.5. The maximum absolute atomic E-state index is 12.7. The van der Waals surface area contributed by atoms with Crippen LogP contribution in [0, 0.1) is 0 Å². The second-order valence-corrected chi connectivity index (χ2v) is 6.53. The van der Waals surface area contributed by atoms with E-state index in [9.17, 15) is 9.59 Å². The maximum Gasteiger partial charge on any atom is 0.339 e. The molecule has 1 saturated heterocycles. The Bertz CT molecular complexity index is 797. The summed E-state index contributed by atoms with van der Waals surface area (Å²) in [7, 11) is 1.65. The van der Waals surface area contributed by atoms with Gasteiger partial charge in [-0.1, -0.05) is 12.1 Å². The van der Waals surface area contributed by atoms with Gasteiger partial charge in [-0.25, -0.2) is 9.78 Å². The third-order valence-corrected chi connectivity index (χ3v) is 4.66. The predicted molar refractivity (Wildman–Crippen MR) is 105 cm³/mol. The first kappa shape index (κ1) is 19.8. The molecular formula is C21H25N3O4. The molecule has 28 heavy (non-hydrogen) atoms. The highest BCUT2D eigenvalue weighted by molar-refractivity contribution is 5.94. The SMILES string of the molecule is CCOC(=O)c1ccc(N2CCN(C(=O)c3ccc(COC)cc3)CC2)nc1. The zero-order valence-electron chi connectivity index (χ0n) is 16.3. The lowest BCUT2D eigenvalue weighted by atomic mass is 10.1. The molecule has 1 fully saturated rings. The molecule has 0 saturated carbocycles. The summed E-state index contributed by atoms with van der Waals surface area (Å²) in [5.74, 6) is 0.465. The van der Waals surface area contributed by atoms with Crippen molar-refractivity contribution in [2.45, 2.75) is 13.5 Å². The molecule has 0 unspecified atom stereocenters. The Morgan fingerprint density at radius 1 is 1.00 bits per heavy atom. The van der Waals surface area contributed by atoms with Crippen molar-refractivity contribution in [2.75, 3.05) is 44.8 Å². The van der Waals surface area contributed by atoms with Gasteiger partial charge in [-0.15, -0.1) is 0 Å². The fourth-order valence-electron chi connectivity index (χ4n) is 3.14. The molecule has 7 heteroatoms. The smallest absolute Gasteiger partial charge is 0.339 e. The summed E-state index contributed by atoms with van der Waals surface area (Å²) in [5.41, 5.74) is 2.17. The van der Waals surface area contributed by atoms with Gasteiger partial charge in [0.05, 0.1) is 18.8 Å². The lowest BCUT2D eigenvalue weighted by Gasteiger charge is -2.35. The van der Waals surface area contributed by atoms with Crippen molar-refractivity contribution in [3.63, 3.8) is 0 Å². The molecule has 148 valence electrons. The average molecular weight is 383 g/mol. The zero-order valence-corrected chi connectivity index (χ0v) is 16.3. The number of rotatable bonds is 6. The van der Waals surface area contributed by atoms with Crippen molar-refractivity contribution in [1.29, 1.82) is 0 Å². The Labute approximate surface area is 164 Å². The third-order valence-electron chi connectivity index (χ3n) is 4.66. The number of methoxy groups -OCH3 is 1. The Morgan fingerprint density at radius 3 is 2.25 bits per heavy atom. The van der Waals surface area contributed by atoms with Gasteiger partial charge in [0.25, 0.3) is 5.91 Å². The van der Waals surface area contributed by atoms with Crippen LogP contribution in [-0.4, -0.2) is 61.7 Å².